The standard InChI is InChI=1S/C26H35ClN2O3/c1-26(32,18-30)17-28(2)16-19-4-6-20(7-5-19)21-10-14-24(15-11-21)29(3)25(31)22-8-12-23(27)13-9-22/h4-9,12-13,21,24,30,32H,10-11,14-18H2,1-3H3/t21?,24?,26-/m0/s1. The molecule has 2 aromatic carbocycles. The lowest BCUT2D eigenvalue weighted by atomic mass is 9.81. The van der Waals surface area contributed by atoms with Crippen LogP contribution in [0.25, 0.3) is 0 Å². The Labute approximate surface area is 196 Å². The van der Waals surface area contributed by atoms with E-state index in [2.05, 4.69) is 24.3 Å². The zero-order valence-corrected chi connectivity index (χ0v) is 20.1. The summed E-state index contributed by atoms with van der Waals surface area (Å²) in [5, 5.41) is 19.9. The zero-order valence-electron chi connectivity index (χ0n) is 19.3. The van der Waals surface area contributed by atoms with E-state index in [0.717, 1.165) is 32.2 Å². The number of carbonyl (C=O) groups is 1. The highest BCUT2D eigenvalue weighted by Crippen LogP contribution is 2.35. The predicted molar refractivity (Wildman–Crippen MR) is 129 cm³/mol. The Morgan fingerprint density at radius 2 is 1.62 bits per heavy atom. The maximum absolute atomic E-state index is 12.8. The van der Waals surface area contributed by atoms with Gasteiger partial charge in [-0.05, 0) is 81.0 Å². The zero-order chi connectivity index (χ0) is 23.3. The van der Waals surface area contributed by atoms with Gasteiger partial charge in [-0.3, -0.25) is 9.69 Å². The Morgan fingerprint density at radius 1 is 1.03 bits per heavy atom. The van der Waals surface area contributed by atoms with Crippen LogP contribution in [0.2, 0.25) is 5.02 Å². The third-order valence-electron chi connectivity index (χ3n) is 6.51. The molecular formula is C26H35ClN2O3. The fourth-order valence-corrected chi connectivity index (χ4v) is 4.78. The Morgan fingerprint density at radius 3 is 2.19 bits per heavy atom. The van der Waals surface area contributed by atoms with Gasteiger partial charge in [0.1, 0.15) is 0 Å². The minimum absolute atomic E-state index is 0.0544. The van der Waals surface area contributed by atoms with Crippen molar-refractivity contribution in [2.45, 2.75) is 56.7 Å². The SMILES string of the molecule is CN(Cc1ccc(C2CCC(N(C)C(=O)c3ccc(Cl)cc3)CC2)cc1)C[C@](C)(O)CO. The summed E-state index contributed by atoms with van der Waals surface area (Å²) in [6, 6.07) is 16.1. The van der Waals surface area contributed by atoms with E-state index in [1.165, 1.54) is 11.1 Å². The summed E-state index contributed by atoms with van der Waals surface area (Å²) < 4.78 is 0. The minimum Gasteiger partial charge on any atom is -0.393 e. The Balaban J connectivity index is 1.51. The molecule has 0 radical (unpaired) electrons. The molecule has 174 valence electrons. The summed E-state index contributed by atoms with van der Waals surface area (Å²) in [6.07, 6.45) is 4.14. The van der Waals surface area contributed by atoms with Crippen LogP contribution in [0.5, 0.6) is 0 Å². The third kappa shape index (κ3) is 6.55. The number of hydrogen-bond donors (Lipinski definition) is 2. The predicted octanol–water partition coefficient (Wildman–Crippen LogP) is 4.31. The number of amides is 1. The maximum atomic E-state index is 12.8. The van der Waals surface area contributed by atoms with Gasteiger partial charge < -0.3 is 15.1 Å². The van der Waals surface area contributed by atoms with Crippen LogP contribution in [0, 0.1) is 0 Å². The van der Waals surface area contributed by atoms with Gasteiger partial charge in [0, 0.05) is 36.8 Å². The molecule has 0 unspecified atom stereocenters. The van der Waals surface area contributed by atoms with E-state index in [-0.39, 0.29) is 18.6 Å². The van der Waals surface area contributed by atoms with Gasteiger partial charge in [0.2, 0.25) is 0 Å². The van der Waals surface area contributed by atoms with Crippen LogP contribution in [-0.2, 0) is 6.54 Å². The summed E-state index contributed by atoms with van der Waals surface area (Å²) in [4.78, 5) is 16.7. The van der Waals surface area contributed by atoms with Gasteiger partial charge >= 0.3 is 0 Å². The van der Waals surface area contributed by atoms with Crippen LogP contribution in [-0.4, -0.2) is 64.8 Å². The fourth-order valence-electron chi connectivity index (χ4n) is 4.65. The molecule has 0 bridgehead atoms. The molecule has 0 saturated heterocycles. The lowest BCUT2D eigenvalue weighted by molar-refractivity contribution is -0.0219. The van der Waals surface area contributed by atoms with Crippen molar-refractivity contribution in [2.24, 2.45) is 0 Å². The summed E-state index contributed by atoms with van der Waals surface area (Å²) in [5.74, 6) is 0.575. The average molecular weight is 459 g/mol. The van der Waals surface area contributed by atoms with Crippen molar-refractivity contribution in [2.75, 3.05) is 27.2 Å². The first-order valence-electron chi connectivity index (χ1n) is 11.3. The molecule has 1 saturated carbocycles. The molecule has 1 aliphatic carbocycles. The van der Waals surface area contributed by atoms with Crippen molar-refractivity contribution in [1.82, 2.24) is 9.80 Å². The molecule has 1 fully saturated rings. The number of aliphatic hydroxyl groups excluding tert-OH is 1. The molecular weight excluding hydrogens is 424 g/mol. The summed E-state index contributed by atoms with van der Waals surface area (Å²) in [6.45, 7) is 2.53. The molecule has 6 heteroatoms. The molecule has 1 atom stereocenters. The Bertz CT molecular complexity index is 875. The molecule has 32 heavy (non-hydrogen) atoms. The van der Waals surface area contributed by atoms with E-state index < -0.39 is 5.60 Å². The van der Waals surface area contributed by atoms with Crippen molar-refractivity contribution < 1.29 is 15.0 Å². The largest absolute Gasteiger partial charge is 0.393 e. The van der Waals surface area contributed by atoms with Crippen molar-refractivity contribution in [3.63, 3.8) is 0 Å². The molecule has 1 amide bonds. The molecule has 5 nitrogen and oxygen atoms in total. The molecule has 0 aliphatic heterocycles. The molecule has 2 aromatic rings. The second-order valence-electron chi connectivity index (χ2n) is 9.50. The highest BCUT2D eigenvalue weighted by Gasteiger charge is 2.28. The Kier molecular flexibility index (Phi) is 8.34. The van der Waals surface area contributed by atoms with Crippen molar-refractivity contribution >= 4 is 17.5 Å². The number of carbonyl (C=O) groups excluding carboxylic acids is 1. The first-order chi connectivity index (χ1) is 15.2. The number of halogens is 1. The number of likely N-dealkylation sites (N-methyl/N-ethyl adjacent to an activating group) is 1. The number of hydrogen-bond acceptors (Lipinski definition) is 4. The first kappa shape index (κ1) is 24.7. The van der Waals surface area contributed by atoms with Crippen LogP contribution in [0.1, 0.15) is 60.0 Å². The van der Waals surface area contributed by atoms with Crippen molar-refractivity contribution in [1.29, 1.82) is 0 Å². The van der Waals surface area contributed by atoms with E-state index in [0.29, 0.717) is 23.0 Å². The van der Waals surface area contributed by atoms with E-state index in [9.17, 15) is 15.0 Å². The number of aliphatic hydroxyl groups is 2. The van der Waals surface area contributed by atoms with Gasteiger partial charge in [-0.25, -0.2) is 0 Å². The van der Waals surface area contributed by atoms with Gasteiger partial charge in [0.25, 0.3) is 5.91 Å². The number of benzene rings is 2. The fraction of sp³-hybridized carbons (Fsp3) is 0.500. The van der Waals surface area contributed by atoms with Gasteiger partial charge in [-0.15, -0.1) is 0 Å². The van der Waals surface area contributed by atoms with Crippen LogP contribution in [0.3, 0.4) is 0 Å². The van der Waals surface area contributed by atoms with Gasteiger partial charge in [-0.2, -0.15) is 0 Å². The summed E-state index contributed by atoms with van der Waals surface area (Å²) in [5.41, 5.74) is 2.13. The average Bonchev–Trinajstić information content (AvgIpc) is 2.79. The van der Waals surface area contributed by atoms with Gasteiger partial charge in [-0.1, -0.05) is 35.9 Å². The van der Waals surface area contributed by atoms with Crippen LogP contribution in [0.15, 0.2) is 48.5 Å². The van der Waals surface area contributed by atoms with Crippen molar-refractivity contribution in [3.8, 4) is 0 Å². The maximum Gasteiger partial charge on any atom is 0.253 e. The molecule has 0 aromatic heterocycles. The topological polar surface area (TPSA) is 64.0 Å². The summed E-state index contributed by atoms with van der Waals surface area (Å²) in [7, 11) is 3.85. The molecule has 0 spiro atoms. The third-order valence-corrected chi connectivity index (χ3v) is 6.76. The highest BCUT2D eigenvalue weighted by molar-refractivity contribution is 6.30. The monoisotopic (exact) mass is 458 g/mol. The van der Waals surface area contributed by atoms with Crippen molar-refractivity contribution in [3.05, 3.63) is 70.2 Å². The van der Waals surface area contributed by atoms with E-state index in [4.69, 9.17) is 11.6 Å². The first-order valence-corrected chi connectivity index (χ1v) is 11.7. The van der Waals surface area contributed by atoms with E-state index in [1.54, 1.807) is 31.2 Å². The van der Waals surface area contributed by atoms with E-state index in [1.807, 2.05) is 23.9 Å². The highest BCUT2D eigenvalue weighted by atomic mass is 35.5. The quantitative estimate of drug-likeness (QED) is 0.618. The Hall–Kier alpha value is -1.92. The lowest BCUT2D eigenvalue weighted by Gasteiger charge is -2.35. The van der Waals surface area contributed by atoms with Crippen LogP contribution in [0.4, 0.5) is 0 Å². The number of rotatable bonds is 8. The number of nitrogens with zero attached hydrogens (tertiary/aromatic N) is 2. The van der Waals surface area contributed by atoms with Gasteiger partial charge in [0.05, 0.1) is 12.2 Å². The smallest absolute Gasteiger partial charge is 0.253 e. The summed E-state index contributed by atoms with van der Waals surface area (Å²) >= 11 is 5.94. The van der Waals surface area contributed by atoms with Crippen LogP contribution >= 0.6 is 11.6 Å². The molecule has 2 N–H and O–H groups in total. The molecule has 0 heterocycles. The van der Waals surface area contributed by atoms with Gasteiger partial charge in [0.15, 0.2) is 0 Å². The molecule has 1 aliphatic rings. The second-order valence-corrected chi connectivity index (χ2v) is 9.93. The van der Waals surface area contributed by atoms with Crippen LogP contribution < -0.4 is 0 Å². The second kappa shape index (κ2) is 10.8. The normalized spacial score (nSPS) is 20.7. The minimum atomic E-state index is -1.09. The van der Waals surface area contributed by atoms with E-state index >= 15 is 0 Å². The lowest BCUT2D eigenvalue weighted by Crippen LogP contribution is -2.41. The molecule has 3 rings (SSSR count).